The van der Waals surface area contributed by atoms with Crippen LogP contribution in [0.25, 0.3) is 0 Å². The molecule has 0 aliphatic rings. The zero-order chi connectivity index (χ0) is 9.52. The molecule has 0 atom stereocenters. The van der Waals surface area contributed by atoms with Gasteiger partial charge in [0.1, 0.15) is 0 Å². The van der Waals surface area contributed by atoms with Gasteiger partial charge in [-0.05, 0) is 17.7 Å². The van der Waals surface area contributed by atoms with E-state index in [0.717, 1.165) is 11.1 Å². The zero-order valence-corrected chi connectivity index (χ0v) is 7.59. The lowest BCUT2D eigenvalue weighted by molar-refractivity contribution is 1.36. The van der Waals surface area contributed by atoms with Gasteiger partial charge in [-0.3, -0.25) is 0 Å². The van der Waals surface area contributed by atoms with Crippen LogP contribution in [0.5, 0.6) is 0 Å². The number of allylic oxidation sites excluding steroid dienone is 2. The van der Waals surface area contributed by atoms with Crippen LogP contribution in [0.15, 0.2) is 55.1 Å². The largest absolute Gasteiger partial charge is 0.0988 e. The number of benzene rings is 1. The van der Waals surface area contributed by atoms with Crippen LogP contribution >= 0.6 is 0 Å². The van der Waals surface area contributed by atoms with E-state index in [1.54, 1.807) is 6.08 Å². The maximum atomic E-state index is 3.78. The molecular formula is C13H12. The molecule has 0 spiro atoms. The predicted molar refractivity (Wildman–Crippen MR) is 57.3 cm³/mol. The standard InChI is InChI=1S/C13H12/c1-3-12(2)8-7-11-13-9-5-4-6-10-13/h3-6,9-10H,1-2,8H2. The molecule has 0 N–H and O–H groups in total. The summed E-state index contributed by atoms with van der Waals surface area (Å²) >= 11 is 0. The average Bonchev–Trinajstić information content (AvgIpc) is 2.19. The molecule has 0 unspecified atom stereocenters. The lowest BCUT2D eigenvalue weighted by Gasteiger charge is -1.88. The first-order valence-electron chi connectivity index (χ1n) is 4.17. The highest BCUT2D eigenvalue weighted by Crippen LogP contribution is 1.98. The van der Waals surface area contributed by atoms with Crippen molar-refractivity contribution in [1.82, 2.24) is 0 Å². The first kappa shape index (κ1) is 9.35. The molecule has 0 heteroatoms. The number of hydrogen-bond donors (Lipinski definition) is 0. The highest BCUT2D eigenvalue weighted by Gasteiger charge is 1.82. The Morgan fingerprint density at radius 3 is 2.62 bits per heavy atom. The average molecular weight is 168 g/mol. The van der Waals surface area contributed by atoms with E-state index in [1.165, 1.54) is 0 Å². The lowest BCUT2D eigenvalue weighted by atomic mass is 10.2. The Morgan fingerprint density at radius 1 is 1.31 bits per heavy atom. The maximum Gasteiger partial charge on any atom is 0.0338 e. The van der Waals surface area contributed by atoms with Crippen molar-refractivity contribution in [3.05, 3.63) is 60.7 Å². The van der Waals surface area contributed by atoms with E-state index in [-0.39, 0.29) is 0 Å². The quantitative estimate of drug-likeness (QED) is 0.470. The second-order valence-electron chi connectivity index (χ2n) is 2.71. The van der Waals surface area contributed by atoms with Gasteiger partial charge in [0.05, 0.1) is 0 Å². The third-order valence-corrected chi connectivity index (χ3v) is 1.61. The second kappa shape index (κ2) is 5.00. The molecular weight excluding hydrogens is 156 g/mol. The van der Waals surface area contributed by atoms with Crippen molar-refractivity contribution < 1.29 is 0 Å². The minimum absolute atomic E-state index is 0.693. The minimum Gasteiger partial charge on any atom is -0.0988 e. The molecule has 0 nitrogen and oxygen atoms in total. The minimum atomic E-state index is 0.693. The number of rotatable bonds is 2. The summed E-state index contributed by atoms with van der Waals surface area (Å²) in [7, 11) is 0. The molecule has 0 saturated heterocycles. The lowest BCUT2D eigenvalue weighted by Crippen LogP contribution is -1.73. The van der Waals surface area contributed by atoms with Gasteiger partial charge in [-0.2, -0.15) is 0 Å². The summed E-state index contributed by atoms with van der Waals surface area (Å²) in [6.45, 7) is 7.40. The van der Waals surface area contributed by atoms with E-state index in [4.69, 9.17) is 0 Å². The van der Waals surface area contributed by atoms with Crippen LogP contribution in [0.1, 0.15) is 12.0 Å². The molecule has 0 aliphatic heterocycles. The Labute approximate surface area is 79.6 Å². The third-order valence-electron chi connectivity index (χ3n) is 1.61. The summed E-state index contributed by atoms with van der Waals surface area (Å²) < 4.78 is 0. The van der Waals surface area contributed by atoms with Gasteiger partial charge in [0, 0.05) is 12.0 Å². The summed E-state index contributed by atoms with van der Waals surface area (Å²) in [6.07, 6.45) is 2.43. The highest BCUT2D eigenvalue weighted by molar-refractivity contribution is 5.35. The second-order valence-corrected chi connectivity index (χ2v) is 2.71. The monoisotopic (exact) mass is 168 g/mol. The van der Waals surface area contributed by atoms with E-state index in [1.807, 2.05) is 30.3 Å². The van der Waals surface area contributed by atoms with Crippen LogP contribution in [-0.4, -0.2) is 0 Å². The first-order valence-corrected chi connectivity index (χ1v) is 4.17. The third kappa shape index (κ3) is 3.44. The van der Waals surface area contributed by atoms with Crippen molar-refractivity contribution in [1.29, 1.82) is 0 Å². The van der Waals surface area contributed by atoms with Crippen LogP contribution in [0.3, 0.4) is 0 Å². The normalized spacial score (nSPS) is 8.31. The molecule has 0 fully saturated rings. The van der Waals surface area contributed by atoms with Gasteiger partial charge in [-0.15, -0.1) is 0 Å². The SMILES string of the molecule is C=CC(=C)CC#Cc1ccccc1. The molecule has 64 valence electrons. The van der Waals surface area contributed by atoms with E-state index in [0.29, 0.717) is 6.42 Å². The molecule has 0 saturated carbocycles. The van der Waals surface area contributed by atoms with Gasteiger partial charge in [0.2, 0.25) is 0 Å². The van der Waals surface area contributed by atoms with Gasteiger partial charge in [-0.25, -0.2) is 0 Å². The van der Waals surface area contributed by atoms with E-state index >= 15 is 0 Å². The first-order chi connectivity index (χ1) is 6.33. The van der Waals surface area contributed by atoms with Crippen LogP contribution < -0.4 is 0 Å². The van der Waals surface area contributed by atoms with Crippen LogP contribution in [-0.2, 0) is 0 Å². The van der Waals surface area contributed by atoms with E-state index in [2.05, 4.69) is 25.0 Å². The molecule has 0 bridgehead atoms. The fourth-order valence-corrected chi connectivity index (χ4v) is 0.853. The molecule has 0 aromatic heterocycles. The molecule has 0 amide bonds. The van der Waals surface area contributed by atoms with Crippen molar-refractivity contribution in [2.45, 2.75) is 6.42 Å². The predicted octanol–water partition coefficient (Wildman–Crippen LogP) is 3.17. The van der Waals surface area contributed by atoms with Crippen molar-refractivity contribution >= 4 is 0 Å². The topological polar surface area (TPSA) is 0 Å². The summed E-state index contributed by atoms with van der Waals surface area (Å²) in [4.78, 5) is 0. The van der Waals surface area contributed by atoms with Crippen molar-refractivity contribution in [3.63, 3.8) is 0 Å². The zero-order valence-electron chi connectivity index (χ0n) is 7.59. The Bertz CT molecular complexity index is 347. The van der Waals surface area contributed by atoms with Crippen molar-refractivity contribution in [2.75, 3.05) is 0 Å². The van der Waals surface area contributed by atoms with Crippen molar-refractivity contribution in [3.8, 4) is 11.8 Å². The van der Waals surface area contributed by atoms with Crippen LogP contribution in [0.4, 0.5) is 0 Å². The summed E-state index contributed by atoms with van der Waals surface area (Å²) in [5, 5.41) is 0. The maximum absolute atomic E-state index is 3.78. The van der Waals surface area contributed by atoms with Crippen molar-refractivity contribution in [2.24, 2.45) is 0 Å². The smallest absolute Gasteiger partial charge is 0.0338 e. The summed E-state index contributed by atoms with van der Waals surface area (Å²) in [5.41, 5.74) is 2.00. The molecule has 0 heterocycles. The highest BCUT2D eigenvalue weighted by atomic mass is 13.9. The molecule has 0 aliphatic carbocycles. The van der Waals surface area contributed by atoms with Gasteiger partial charge >= 0.3 is 0 Å². The fraction of sp³-hybridized carbons (Fsp3) is 0.0769. The summed E-state index contributed by atoms with van der Waals surface area (Å²) in [6, 6.07) is 9.92. The Hall–Kier alpha value is -1.74. The Kier molecular flexibility index (Phi) is 3.60. The van der Waals surface area contributed by atoms with Gasteiger partial charge in [0.15, 0.2) is 0 Å². The van der Waals surface area contributed by atoms with E-state index < -0.39 is 0 Å². The van der Waals surface area contributed by atoms with Gasteiger partial charge in [-0.1, -0.05) is 49.3 Å². The van der Waals surface area contributed by atoms with E-state index in [9.17, 15) is 0 Å². The Morgan fingerprint density at radius 2 is 2.00 bits per heavy atom. The fourth-order valence-electron chi connectivity index (χ4n) is 0.853. The van der Waals surface area contributed by atoms with Crippen LogP contribution in [0, 0.1) is 11.8 Å². The molecule has 1 aromatic rings. The molecule has 13 heavy (non-hydrogen) atoms. The number of hydrogen-bond acceptors (Lipinski definition) is 0. The molecule has 1 rings (SSSR count). The molecule has 1 aromatic carbocycles. The van der Waals surface area contributed by atoms with Gasteiger partial charge < -0.3 is 0 Å². The van der Waals surface area contributed by atoms with Gasteiger partial charge in [0.25, 0.3) is 0 Å². The summed E-state index contributed by atoms with van der Waals surface area (Å²) in [5.74, 6) is 6.08. The Balaban J connectivity index is 2.58. The molecule has 0 radical (unpaired) electrons. The van der Waals surface area contributed by atoms with Crippen LogP contribution in [0.2, 0.25) is 0 Å².